The van der Waals surface area contributed by atoms with Crippen molar-refractivity contribution in [2.75, 3.05) is 5.75 Å². The SMILES string of the molecule is N[C@H](CSC1C=CCCC1)C(=O)O. The predicted molar refractivity (Wildman–Crippen MR) is 54.8 cm³/mol. The number of carbonyl (C=O) groups is 1. The molecule has 0 radical (unpaired) electrons. The van der Waals surface area contributed by atoms with Crippen molar-refractivity contribution in [1.82, 2.24) is 0 Å². The fourth-order valence-electron chi connectivity index (χ4n) is 1.22. The van der Waals surface area contributed by atoms with Crippen LogP contribution < -0.4 is 5.73 Å². The number of thioether (sulfide) groups is 1. The zero-order valence-electron chi connectivity index (χ0n) is 7.48. The third kappa shape index (κ3) is 3.83. The summed E-state index contributed by atoms with van der Waals surface area (Å²) in [4.78, 5) is 10.4. The van der Waals surface area contributed by atoms with Gasteiger partial charge in [0.25, 0.3) is 0 Å². The van der Waals surface area contributed by atoms with Gasteiger partial charge in [-0.1, -0.05) is 12.2 Å². The summed E-state index contributed by atoms with van der Waals surface area (Å²) in [6, 6.07) is -0.722. The zero-order valence-corrected chi connectivity index (χ0v) is 8.30. The van der Waals surface area contributed by atoms with E-state index in [1.165, 1.54) is 6.42 Å². The van der Waals surface area contributed by atoms with Gasteiger partial charge in [0.05, 0.1) is 0 Å². The van der Waals surface area contributed by atoms with Crippen molar-refractivity contribution in [2.24, 2.45) is 5.73 Å². The van der Waals surface area contributed by atoms with Crippen LogP contribution in [0.25, 0.3) is 0 Å². The first-order chi connectivity index (χ1) is 6.20. The molecular formula is C9H15NO2S. The van der Waals surface area contributed by atoms with Crippen LogP contribution in [0.4, 0.5) is 0 Å². The third-order valence-corrected chi connectivity index (χ3v) is 3.39. The molecule has 13 heavy (non-hydrogen) atoms. The van der Waals surface area contributed by atoms with E-state index in [1.54, 1.807) is 11.8 Å². The number of allylic oxidation sites excluding steroid dienone is 1. The molecule has 3 N–H and O–H groups in total. The minimum absolute atomic E-state index is 0.471. The van der Waals surface area contributed by atoms with E-state index in [1.807, 2.05) is 0 Å². The Bertz CT molecular complexity index is 206. The number of carboxylic acid groups (broad SMARTS) is 1. The highest BCUT2D eigenvalue weighted by Crippen LogP contribution is 2.23. The van der Waals surface area contributed by atoms with Crippen molar-refractivity contribution in [3.05, 3.63) is 12.2 Å². The predicted octanol–water partition coefficient (Wildman–Crippen LogP) is 1.24. The highest BCUT2D eigenvalue weighted by atomic mass is 32.2. The number of nitrogens with two attached hydrogens (primary N) is 1. The van der Waals surface area contributed by atoms with Crippen LogP contribution in [-0.4, -0.2) is 28.1 Å². The molecule has 0 aromatic heterocycles. The van der Waals surface area contributed by atoms with Crippen molar-refractivity contribution in [2.45, 2.75) is 30.6 Å². The van der Waals surface area contributed by atoms with E-state index in [-0.39, 0.29) is 0 Å². The Hall–Kier alpha value is -0.480. The molecule has 1 unspecified atom stereocenters. The molecule has 0 aromatic rings. The van der Waals surface area contributed by atoms with Gasteiger partial charge < -0.3 is 10.8 Å². The lowest BCUT2D eigenvalue weighted by molar-refractivity contribution is -0.137. The molecule has 74 valence electrons. The summed E-state index contributed by atoms with van der Waals surface area (Å²) in [7, 11) is 0. The van der Waals surface area contributed by atoms with Crippen molar-refractivity contribution < 1.29 is 9.90 Å². The molecule has 0 saturated heterocycles. The zero-order chi connectivity index (χ0) is 9.68. The number of aliphatic carboxylic acids is 1. The molecular weight excluding hydrogens is 186 g/mol. The van der Waals surface area contributed by atoms with Gasteiger partial charge in [-0.05, 0) is 19.3 Å². The Morgan fingerprint density at radius 3 is 3.08 bits per heavy atom. The lowest BCUT2D eigenvalue weighted by Gasteiger charge is -2.16. The van der Waals surface area contributed by atoms with E-state index in [2.05, 4.69) is 12.2 Å². The van der Waals surface area contributed by atoms with Crippen LogP contribution >= 0.6 is 11.8 Å². The van der Waals surface area contributed by atoms with E-state index < -0.39 is 12.0 Å². The van der Waals surface area contributed by atoms with Crippen LogP contribution in [0.15, 0.2) is 12.2 Å². The second-order valence-electron chi connectivity index (χ2n) is 3.18. The summed E-state index contributed by atoms with van der Waals surface area (Å²) in [5.74, 6) is -0.406. The Morgan fingerprint density at radius 2 is 2.54 bits per heavy atom. The second kappa shape index (κ2) is 5.29. The summed E-state index contributed by atoms with van der Waals surface area (Å²) in [6.45, 7) is 0. The van der Waals surface area contributed by atoms with Crippen LogP contribution in [-0.2, 0) is 4.79 Å². The molecule has 0 heterocycles. The molecule has 0 aromatic carbocycles. The molecule has 0 amide bonds. The first-order valence-electron chi connectivity index (χ1n) is 4.47. The molecule has 0 fully saturated rings. The molecule has 3 nitrogen and oxygen atoms in total. The molecule has 1 aliphatic carbocycles. The largest absolute Gasteiger partial charge is 0.480 e. The number of hydrogen-bond acceptors (Lipinski definition) is 3. The summed E-state index contributed by atoms with van der Waals surface area (Å²) < 4.78 is 0. The maximum Gasteiger partial charge on any atom is 0.321 e. The van der Waals surface area contributed by atoms with Gasteiger partial charge in [-0.25, -0.2) is 0 Å². The number of carboxylic acids is 1. The van der Waals surface area contributed by atoms with E-state index in [9.17, 15) is 4.79 Å². The minimum atomic E-state index is -0.910. The lowest BCUT2D eigenvalue weighted by Crippen LogP contribution is -2.33. The van der Waals surface area contributed by atoms with Gasteiger partial charge in [0, 0.05) is 11.0 Å². The molecule has 1 aliphatic rings. The van der Waals surface area contributed by atoms with Crippen LogP contribution in [0, 0.1) is 0 Å². The molecule has 2 atom stereocenters. The van der Waals surface area contributed by atoms with E-state index in [0.29, 0.717) is 11.0 Å². The van der Waals surface area contributed by atoms with Gasteiger partial charge in [-0.15, -0.1) is 0 Å². The number of rotatable bonds is 4. The Labute approximate surface area is 82.4 Å². The number of hydrogen-bond donors (Lipinski definition) is 2. The smallest absolute Gasteiger partial charge is 0.321 e. The van der Waals surface area contributed by atoms with Crippen molar-refractivity contribution >= 4 is 17.7 Å². The van der Waals surface area contributed by atoms with Gasteiger partial charge in [-0.3, -0.25) is 4.79 Å². The third-order valence-electron chi connectivity index (χ3n) is 2.02. The van der Waals surface area contributed by atoms with Gasteiger partial charge in [-0.2, -0.15) is 11.8 Å². The fourth-order valence-corrected chi connectivity index (χ4v) is 2.37. The Kier molecular flexibility index (Phi) is 4.32. The van der Waals surface area contributed by atoms with Crippen molar-refractivity contribution in [3.8, 4) is 0 Å². The van der Waals surface area contributed by atoms with Crippen LogP contribution in [0.1, 0.15) is 19.3 Å². The van der Waals surface area contributed by atoms with Crippen molar-refractivity contribution in [1.29, 1.82) is 0 Å². The van der Waals surface area contributed by atoms with Gasteiger partial charge in [0.15, 0.2) is 0 Å². The highest BCUT2D eigenvalue weighted by molar-refractivity contribution is 8.00. The second-order valence-corrected chi connectivity index (χ2v) is 4.45. The standard InChI is InChI=1S/C9H15NO2S/c10-8(9(11)12)6-13-7-4-2-1-3-5-7/h2,4,7-8H,1,3,5-6,10H2,(H,11,12)/t7?,8-/m1/s1. The quantitative estimate of drug-likeness (QED) is 0.672. The van der Waals surface area contributed by atoms with E-state index in [0.717, 1.165) is 12.8 Å². The molecule has 1 rings (SSSR count). The topological polar surface area (TPSA) is 63.3 Å². The molecule has 4 heteroatoms. The maximum absolute atomic E-state index is 10.4. The lowest BCUT2D eigenvalue weighted by atomic mass is 10.1. The summed E-state index contributed by atoms with van der Waals surface area (Å²) in [5, 5.41) is 9.03. The summed E-state index contributed by atoms with van der Waals surface area (Å²) in [5.41, 5.74) is 5.39. The van der Waals surface area contributed by atoms with Crippen LogP contribution in [0.3, 0.4) is 0 Å². The summed E-state index contributed by atoms with van der Waals surface area (Å²) >= 11 is 1.64. The first kappa shape index (κ1) is 10.6. The average Bonchev–Trinajstić information content (AvgIpc) is 2.15. The monoisotopic (exact) mass is 201 g/mol. The minimum Gasteiger partial charge on any atom is -0.480 e. The Balaban J connectivity index is 2.21. The van der Waals surface area contributed by atoms with Gasteiger partial charge >= 0.3 is 5.97 Å². The average molecular weight is 201 g/mol. The molecule has 0 bridgehead atoms. The normalized spacial score (nSPS) is 24.2. The van der Waals surface area contributed by atoms with E-state index in [4.69, 9.17) is 10.8 Å². The molecule has 0 spiro atoms. The van der Waals surface area contributed by atoms with Crippen molar-refractivity contribution in [3.63, 3.8) is 0 Å². The van der Waals surface area contributed by atoms with Crippen LogP contribution in [0.2, 0.25) is 0 Å². The maximum atomic E-state index is 10.4. The van der Waals surface area contributed by atoms with E-state index >= 15 is 0 Å². The van der Waals surface area contributed by atoms with Crippen LogP contribution in [0.5, 0.6) is 0 Å². The Morgan fingerprint density at radius 1 is 1.77 bits per heavy atom. The van der Waals surface area contributed by atoms with Gasteiger partial charge in [0.1, 0.15) is 6.04 Å². The first-order valence-corrected chi connectivity index (χ1v) is 5.51. The summed E-state index contributed by atoms with van der Waals surface area (Å²) in [6.07, 6.45) is 7.82. The highest BCUT2D eigenvalue weighted by Gasteiger charge is 2.15. The van der Waals surface area contributed by atoms with Gasteiger partial charge in [0.2, 0.25) is 0 Å². The molecule has 0 saturated carbocycles. The molecule has 0 aliphatic heterocycles. The fraction of sp³-hybridized carbons (Fsp3) is 0.667.